The van der Waals surface area contributed by atoms with E-state index in [1.54, 1.807) is 4.90 Å². The van der Waals surface area contributed by atoms with Gasteiger partial charge in [-0.3, -0.25) is 9.59 Å². The fourth-order valence-corrected chi connectivity index (χ4v) is 3.40. The van der Waals surface area contributed by atoms with Gasteiger partial charge in [0.05, 0.1) is 0 Å². The Kier molecular flexibility index (Phi) is 6.02. The highest BCUT2D eigenvalue weighted by Crippen LogP contribution is 2.23. The molecule has 0 radical (unpaired) electrons. The Bertz CT molecular complexity index is 546. The van der Waals surface area contributed by atoms with Crippen LogP contribution in [0.25, 0.3) is 0 Å². The van der Waals surface area contributed by atoms with Crippen LogP contribution in [0, 0.1) is 0 Å². The quantitative estimate of drug-likeness (QED) is 0.910. The van der Waals surface area contributed by atoms with Crippen molar-refractivity contribution in [2.75, 3.05) is 26.7 Å². The van der Waals surface area contributed by atoms with E-state index in [4.69, 9.17) is 0 Å². The number of hydrogen-bond acceptors (Lipinski definition) is 3. The molecule has 2 aliphatic heterocycles. The third kappa shape index (κ3) is 3.67. The molecule has 2 fully saturated rings. The molecule has 2 unspecified atom stereocenters. The summed E-state index contributed by atoms with van der Waals surface area (Å²) in [6, 6.07) is 9.18. The van der Waals surface area contributed by atoms with Gasteiger partial charge in [-0.15, -0.1) is 12.4 Å². The fourth-order valence-electron chi connectivity index (χ4n) is 3.40. The Morgan fingerprint density at radius 1 is 1.22 bits per heavy atom. The zero-order valence-corrected chi connectivity index (χ0v) is 14.2. The zero-order valence-electron chi connectivity index (χ0n) is 13.4. The van der Waals surface area contributed by atoms with E-state index in [1.165, 1.54) is 0 Å². The molecule has 1 N–H and O–H groups in total. The van der Waals surface area contributed by atoms with Crippen molar-refractivity contribution >= 4 is 24.2 Å². The van der Waals surface area contributed by atoms with Crippen molar-refractivity contribution in [2.24, 2.45) is 0 Å². The molecular weight excluding hydrogens is 314 g/mol. The first-order valence-electron chi connectivity index (χ1n) is 8.02. The third-order valence-electron chi connectivity index (χ3n) is 4.75. The summed E-state index contributed by atoms with van der Waals surface area (Å²) >= 11 is 0. The average Bonchev–Trinajstić information content (AvgIpc) is 3.24. The molecule has 126 valence electrons. The molecule has 0 spiro atoms. The lowest BCUT2D eigenvalue weighted by Gasteiger charge is -2.31. The Hall–Kier alpha value is -1.59. The largest absolute Gasteiger partial charge is 0.340 e. The average molecular weight is 338 g/mol. The molecule has 0 aliphatic carbocycles. The van der Waals surface area contributed by atoms with Crippen molar-refractivity contribution < 1.29 is 9.59 Å². The van der Waals surface area contributed by atoms with Crippen LogP contribution >= 0.6 is 12.4 Å². The number of hydrogen-bond donors (Lipinski definition) is 1. The van der Waals surface area contributed by atoms with E-state index in [0.717, 1.165) is 32.4 Å². The number of amides is 2. The van der Waals surface area contributed by atoms with Gasteiger partial charge in [-0.1, -0.05) is 18.2 Å². The Morgan fingerprint density at radius 3 is 2.61 bits per heavy atom. The van der Waals surface area contributed by atoms with Crippen LogP contribution in [-0.2, 0) is 4.79 Å². The molecular formula is C17H24ClN3O2. The summed E-state index contributed by atoms with van der Waals surface area (Å²) in [6.45, 7) is 2.47. The van der Waals surface area contributed by atoms with Crippen LogP contribution in [-0.4, -0.2) is 60.4 Å². The van der Waals surface area contributed by atoms with E-state index in [9.17, 15) is 9.59 Å². The zero-order chi connectivity index (χ0) is 15.5. The van der Waals surface area contributed by atoms with E-state index in [1.807, 2.05) is 42.3 Å². The van der Waals surface area contributed by atoms with E-state index in [2.05, 4.69) is 5.32 Å². The number of halogens is 1. The van der Waals surface area contributed by atoms with Crippen LogP contribution in [0.2, 0.25) is 0 Å². The van der Waals surface area contributed by atoms with E-state index < -0.39 is 0 Å². The summed E-state index contributed by atoms with van der Waals surface area (Å²) in [5.41, 5.74) is 0.660. The van der Waals surface area contributed by atoms with Crippen LogP contribution in [0.3, 0.4) is 0 Å². The first-order chi connectivity index (χ1) is 10.7. The molecule has 0 aromatic heterocycles. The summed E-state index contributed by atoms with van der Waals surface area (Å²) in [5, 5.41) is 3.28. The van der Waals surface area contributed by atoms with Crippen molar-refractivity contribution in [2.45, 2.75) is 31.3 Å². The summed E-state index contributed by atoms with van der Waals surface area (Å²) < 4.78 is 0. The Labute approximate surface area is 143 Å². The van der Waals surface area contributed by atoms with Gasteiger partial charge in [0.25, 0.3) is 5.91 Å². The Balaban J connectivity index is 0.00000192. The van der Waals surface area contributed by atoms with Crippen molar-refractivity contribution in [3.05, 3.63) is 35.9 Å². The highest BCUT2D eigenvalue weighted by molar-refractivity contribution is 5.98. The fraction of sp³-hybridized carbons (Fsp3) is 0.529. The highest BCUT2D eigenvalue weighted by atomic mass is 35.5. The lowest BCUT2D eigenvalue weighted by molar-refractivity contribution is -0.135. The second-order valence-corrected chi connectivity index (χ2v) is 6.12. The number of likely N-dealkylation sites (tertiary alicyclic amines) is 1. The molecule has 2 amide bonds. The molecule has 6 heteroatoms. The lowest BCUT2D eigenvalue weighted by atomic mass is 10.1. The topological polar surface area (TPSA) is 52.7 Å². The molecule has 2 aliphatic rings. The van der Waals surface area contributed by atoms with Crippen molar-refractivity contribution in [1.29, 1.82) is 0 Å². The van der Waals surface area contributed by atoms with E-state index >= 15 is 0 Å². The first kappa shape index (κ1) is 17.8. The smallest absolute Gasteiger partial charge is 0.254 e. The maximum absolute atomic E-state index is 12.8. The van der Waals surface area contributed by atoms with Crippen LogP contribution in [0.1, 0.15) is 29.6 Å². The molecule has 2 heterocycles. The lowest BCUT2D eigenvalue weighted by Crippen LogP contribution is -2.50. The number of nitrogens with zero attached hydrogens (tertiary/aromatic N) is 2. The van der Waals surface area contributed by atoms with Crippen LogP contribution in [0.15, 0.2) is 30.3 Å². The Morgan fingerprint density at radius 2 is 1.96 bits per heavy atom. The van der Waals surface area contributed by atoms with E-state index in [-0.39, 0.29) is 36.3 Å². The summed E-state index contributed by atoms with van der Waals surface area (Å²) in [5.74, 6) is 0.0462. The van der Waals surface area contributed by atoms with Gasteiger partial charge in [-0.25, -0.2) is 0 Å². The van der Waals surface area contributed by atoms with Crippen molar-refractivity contribution in [1.82, 2.24) is 15.1 Å². The number of likely N-dealkylation sites (N-methyl/N-ethyl adjacent to an activating group) is 1. The number of benzene rings is 1. The minimum atomic E-state index is -0.307. The monoisotopic (exact) mass is 337 g/mol. The van der Waals surface area contributed by atoms with Crippen LogP contribution < -0.4 is 5.32 Å². The van der Waals surface area contributed by atoms with Gasteiger partial charge in [0, 0.05) is 31.7 Å². The van der Waals surface area contributed by atoms with Crippen molar-refractivity contribution in [3.8, 4) is 0 Å². The van der Waals surface area contributed by atoms with Gasteiger partial charge in [0.2, 0.25) is 5.91 Å². The van der Waals surface area contributed by atoms with Crippen molar-refractivity contribution in [3.63, 3.8) is 0 Å². The molecule has 0 bridgehead atoms. The predicted octanol–water partition coefficient (Wildman–Crippen LogP) is 1.53. The maximum atomic E-state index is 12.8. The number of rotatable bonds is 3. The van der Waals surface area contributed by atoms with Gasteiger partial charge < -0.3 is 15.1 Å². The molecule has 1 aromatic carbocycles. The van der Waals surface area contributed by atoms with Gasteiger partial charge in [-0.2, -0.15) is 0 Å². The molecule has 2 saturated heterocycles. The molecule has 1 aromatic rings. The summed E-state index contributed by atoms with van der Waals surface area (Å²) in [6.07, 6.45) is 2.65. The van der Waals surface area contributed by atoms with Gasteiger partial charge in [0.15, 0.2) is 0 Å². The minimum absolute atomic E-state index is 0. The molecule has 5 nitrogen and oxygen atoms in total. The second kappa shape index (κ2) is 7.79. The van der Waals surface area contributed by atoms with Crippen LogP contribution in [0.4, 0.5) is 0 Å². The van der Waals surface area contributed by atoms with Gasteiger partial charge in [0.1, 0.15) is 6.04 Å². The minimum Gasteiger partial charge on any atom is -0.340 e. The SMILES string of the molecule is CN(C(=O)C1CCCN1C(=O)c1ccccc1)C1CCNC1.Cl. The second-order valence-electron chi connectivity index (χ2n) is 6.12. The number of nitrogens with one attached hydrogen (secondary N) is 1. The third-order valence-corrected chi connectivity index (χ3v) is 4.75. The normalized spacial score (nSPS) is 23.4. The molecule has 2 atom stereocenters. The highest BCUT2D eigenvalue weighted by Gasteiger charge is 2.37. The number of carbonyl (C=O) groups excluding carboxylic acids is 2. The molecule has 3 rings (SSSR count). The predicted molar refractivity (Wildman–Crippen MR) is 91.8 cm³/mol. The standard InChI is InChI=1S/C17H23N3O2.ClH/c1-19(14-9-10-18-12-14)17(22)15-8-5-11-20(15)16(21)13-6-3-2-4-7-13;/h2-4,6-7,14-15,18H,5,8-12H2,1H3;1H. The van der Waals surface area contributed by atoms with Crippen LogP contribution in [0.5, 0.6) is 0 Å². The molecule has 0 saturated carbocycles. The van der Waals surface area contributed by atoms with E-state index in [0.29, 0.717) is 12.1 Å². The first-order valence-corrected chi connectivity index (χ1v) is 8.02. The number of carbonyl (C=O) groups is 2. The van der Waals surface area contributed by atoms with Gasteiger partial charge in [-0.05, 0) is 37.9 Å². The summed E-state index contributed by atoms with van der Waals surface area (Å²) in [4.78, 5) is 29.0. The maximum Gasteiger partial charge on any atom is 0.254 e. The molecule has 23 heavy (non-hydrogen) atoms. The summed E-state index contributed by atoms with van der Waals surface area (Å²) in [7, 11) is 1.86. The van der Waals surface area contributed by atoms with Gasteiger partial charge >= 0.3 is 0 Å².